The van der Waals surface area contributed by atoms with Gasteiger partial charge in [0.25, 0.3) is 11.5 Å². The Bertz CT molecular complexity index is 1190. The number of carbonyl (C=O) groups is 2. The van der Waals surface area contributed by atoms with Crippen molar-refractivity contribution in [2.75, 3.05) is 13.1 Å². The lowest BCUT2D eigenvalue weighted by atomic mass is 9.96. The average Bonchev–Trinajstić information content (AvgIpc) is 2.77. The second kappa shape index (κ2) is 8.71. The molecule has 7 nitrogen and oxygen atoms in total. The summed E-state index contributed by atoms with van der Waals surface area (Å²) in [5.74, 6) is -0.569. The Kier molecular flexibility index (Phi) is 5.84. The fraction of sp³-hybridized carbons (Fsp3) is 0.333. The summed E-state index contributed by atoms with van der Waals surface area (Å²) in [5, 5.41) is 0. The zero-order valence-electron chi connectivity index (χ0n) is 17.7. The summed E-state index contributed by atoms with van der Waals surface area (Å²) in [6.07, 6.45) is 1.12. The molecule has 0 bridgehead atoms. The van der Waals surface area contributed by atoms with Crippen molar-refractivity contribution in [2.45, 2.75) is 33.3 Å². The van der Waals surface area contributed by atoms with Crippen LogP contribution < -0.4 is 5.56 Å². The highest BCUT2D eigenvalue weighted by atomic mass is 16.5. The van der Waals surface area contributed by atoms with E-state index in [2.05, 4.69) is 4.98 Å². The molecule has 0 unspecified atom stereocenters. The summed E-state index contributed by atoms with van der Waals surface area (Å²) in [6, 6.07) is 14.3. The second-order valence-corrected chi connectivity index (χ2v) is 7.94. The molecule has 0 radical (unpaired) electrons. The van der Waals surface area contributed by atoms with Crippen LogP contribution in [-0.2, 0) is 16.1 Å². The van der Waals surface area contributed by atoms with Gasteiger partial charge in [-0.2, -0.15) is 0 Å². The summed E-state index contributed by atoms with van der Waals surface area (Å²) in [7, 11) is 0. The number of pyridine rings is 1. The lowest BCUT2D eigenvalue weighted by Gasteiger charge is -2.31. The van der Waals surface area contributed by atoms with Crippen LogP contribution in [0, 0.1) is 19.8 Å². The second-order valence-electron chi connectivity index (χ2n) is 7.94. The van der Waals surface area contributed by atoms with Gasteiger partial charge in [-0.05, 0) is 50.5 Å². The number of aryl methyl sites for hydroxylation is 2. The van der Waals surface area contributed by atoms with Crippen molar-refractivity contribution in [1.29, 1.82) is 0 Å². The Labute approximate surface area is 180 Å². The maximum atomic E-state index is 12.7. The van der Waals surface area contributed by atoms with E-state index < -0.39 is 0 Å². The van der Waals surface area contributed by atoms with Crippen molar-refractivity contribution in [1.82, 2.24) is 14.3 Å². The first kappa shape index (κ1) is 20.8. The number of likely N-dealkylation sites (tertiary alicyclic amines) is 1. The summed E-state index contributed by atoms with van der Waals surface area (Å²) in [5.41, 5.74) is 3.20. The highest BCUT2D eigenvalue weighted by molar-refractivity contribution is 5.95. The van der Waals surface area contributed by atoms with E-state index in [0.717, 1.165) is 11.3 Å². The molecule has 0 N–H and O–H groups in total. The van der Waals surface area contributed by atoms with Crippen LogP contribution in [0.4, 0.5) is 0 Å². The third-order valence-electron chi connectivity index (χ3n) is 5.79. The molecule has 3 heterocycles. The molecule has 1 aliphatic rings. The smallest absolute Gasteiger partial charge is 0.309 e. The number of hydrogen-bond donors (Lipinski definition) is 0. The number of benzene rings is 1. The molecule has 160 valence electrons. The predicted molar refractivity (Wildman–Crippen MR) is 116 cm³/mol. The average molecular weight is 419 g/mol. The highest BCUT2D eigenvalue weighted by Crippen LogP contribution is 2.21. The molecule has 0 spiro atoms. The van der Waals surface area contributed by atoms with Crippen molar-refractivity contribution < 1.29 is 14.3 Å². The third-order valence-corrected chi connectivity index (χ3v) is 5.79. The minimum atomic E-state index is -0.311. The van der Waals surface area contributed by atoms with Crippen molar-refractivity contribution in [3.63, 3.8) is 0 Å². The van der Waals surface area contributed by atoms with E-state index in [4.69, 9.17) is 4.74 Å². The van der Waals surface area contributed by atoms with Gasteiger partial charge in [0.1, 0.15) is 12.3 Å². The van der Waals surface area contributed by atoms with Crippen LogP contribution in [0.2, 0.25) is 0 Å². The molecule has 1 saturated heterocycles. The minimum absolute atomic E-state index is 0.000972. The van der Waals surface area contributed by atoms with E-state index in [1.165, 1.54) is 10.5 Å². The monoisotopic (exact) mass is 419 g/mol. The first-order chi connectivity index (χ1) is 14.9. The number of carbonyl (C=O) groups excluding carboxylic acids is 2. The molecule has 1 fully saturated rings. The van der Waals surface area contributed by atoms with E-state index in [-0.39, 0.29) is 30.0 Å². The Hall–Kier alpha value is -3.48. The molecule has 0 atom stereocenters. The Balaban J connectivity index is 1.35. The van der Waals surface area contributed by atoms with Crippen LogP contribution >= 0.6 is 0 Å². The van der Waals surface area contributed by atoms with Crippen molar-refractivity contribution in [3.05, 3.63) is 81.4 Å². The number of nitrogens with zero attached hydrogens (tertiary/aromatic N) is 3. The van der Waals surface area contributed by atoms with Gasteiger partial charge in [0, 0.05) is 30.4 Å². The van der Waals surface area contributed by atoms with E-state index in [9.17, 15) is 14.4 Å². The predicted octanol–water partition coefficient (Wildman–Crippen LogP) is 2.91. The number of fused-ring (bicyclic) bond motifs is 1. The molecule has 1 aliphatic heterocycles. The van der Waals surface area contributed by atoms with Gasteiger partial charge in [-0.25, -0.2) is 4.98 Å². The van der Waals surface area contributed by atoms with Gasteiger partial charge in [-0.1, -0.05) is 24.3 Å². The van der Waals surface area contributed by atoms with Crippen LogP contribution in [-0.4, -0.2) is 39.3 Å². The summed E-state index contributed by atoms with van der Waals surface area (Å²) >= 11 is 0. The molecular weight excluding hydrogens is 394 g/mol. The molecule has 7 heteroatoms. The molecule has 1 amide bonds. The number of ether oxygens (including phenoxy) is 1. The fourth-order valence-corrected chi connectivity index (χ4v) is 4.00. The zero-order valence-corrected chi connectivity index (χ0v) is 17.7. The lowest BCUT2D eigenvalue weighted by molar-refractivity contribution is -0.151. The normalized spacial score (nSPS) is 14.6. The van der Waals surface area contributed by atoms with Gasteiger partial charge in [0.05, 0.1) is 11.6 Å². The van der Waals surface area contributed by atoms with Gasteiger partial charge in [0.15, 0.2) is 0 Å². The number of piperidine rings is 1. The number of esters is 1. The number of rotatable bonds is 4. The van der Waals surface area contributed by atoms with Crippen molar-refractivity contribution >= 4 is 17.5 Å². The van der Waals surface area contributed by atoms with Gasteiger partial charge in [-0.15, -0.1) is 0 Å². The number of aromatic nitrogens is 2. The van der Waals surface area contributed by atoms with Crippen LogP contribution in [0.15, 0.2) is 53.3 Å². The minimum Gasteiger partial charge on any atom is -0.459 e. The third kappa shape index (κ3) is 4.35. The number of amides is 1. The number of hydrogen-bond acceptors (Lipinski definition) is 5. The largest absolute Gasteiger partial charge is 0.459 e. The van der Waals surface area contributed by atoms with E-state index in [0.29, 0.717) is 42.8 Å². The topological polar surface area (TPSA) is 81.0 Å². The van der Waals surface area contributed by atoms with Crippen LogP contribution in [0.25, 0.3) is 5.65 Å². The van der Waals surface area contributed by atoms with Crippen LogP contribution in [0.5, 0.6) is 0 Å². The maximum absolute atomic E-state index is 12.7. The van der Waals surface area contributed by atoms with E-state index >= 15 is 0 Å². The zero-order chi connectivity index (χ0) is 22.0. The highest BCUT2D eigenvalue weighted by Gasteiger charge is 2.29. The van der Waals surface area contributed by atoms with Gasteiger partial charge < -0.3 is 9.64 Å². The molecule has 4 rings (SSSR count). The Morgan fingerprint density at radius 3 is 2.55 bits per heavy atom. The maximum Gasteiger partial charge on any atom is 0.309 e. The fourth-order valence-electron chi connectivity index (χ4n) is 4.00. The van der Waals surface area contributed by atoms with Crippen LogP contribution in [0.3, 0.4) is 0 Å². The van der Waals surface area contributed by atoms with E-state index in [1.807, 2.05) is 50.2 Å². The summed E-state index contributed by atoms with van der Waals surface area (Å²) in [4.78, 5) is 43.8. The molecule has 1 aromatic carbocycles. The molecular formula is C24H25N3O4. The van der Waals surface area contributed by atoms with E-state index in [1.54, 1.807) is 11.0 Å². The molecule has 0 aliphatic carbocycles. The Morgan fingerprint density at radius 1 is 1.06 bits per heavy atom. The SMILES string of the molecule is Cc1ccccc1C(=O)N1CCC(C(=O)OCc2cc(=O)n3c(C)cccc3n2)CC1. The molecule has 0 saturated carbocycles. The van der Waals surface area contributed by atoms with Gasteiger partial charge in [-0.3, -0.25) is 18.8 Å². The summed E-state index contributed by atoms with van der Waals surface area (Å²) in [6.45, 7) is 4.75. The van der Waals surface area contributed by atoms with Crippen molar-refractivity contribution in [2.24, 2.45) is 5.92 Å². The summed E-state index contributed by atoms with van der Waals surface area (Å²) < 4.78 is 6.97. The quantitative estimate of drug-likeness (QED) is 0.608. The first-order valence-corrected chi connectivity index (χ1v) is 10.4. The van der Waals surface area contributed by atoms with Gasteiger partial charge >= 0.3 is 5.97 Å². The molecule has 31 heavy (non-hydrogen) atoms. The van der Waals surface area contributed by atoms with Crippen molar-refractivity contribution in [3.8, 4) is 0 Å². The lowest BCUT2D eigenvalue weighted by Crippen LogP contribution is -2.40. The standard InChI is InChI=1S/C24H25N3O4/c1-16-6-3-4-8-20(16)23(29)26-12-10-18(11-13-26)24(30)31-15-19-14-22(28)27-17(2)7-5-9-21(27)25-19/h3-9,14,18H,10-13,15H2,1-2H3. The van der Waals surface area contributed by atoms with Crippen LogP contribution in [0.1, 0.15) is 40.2 Å². The molecule has 2 aromatic heterocycles. The molecule has 3 aromatic rings. The van der Waals surface area contributed by atoms with Gasteiger partial charge in [0.2, 0.25) is 0 Å². The first-order valence-electron chi connectivity index (χ1n) is 10.4. The Morgan fingerprint density at radius 2 is 1.81 bits per heavy atom.